The van der Waals surface area contributed by atoms with Crippen molar-refractivity contribution in [1.82, 2.24) is 4.72 Å². The quantitative estimate of drug-likeness (QED) is 0.941. The number of hydrogen-bond acceptors (Lipinski definition) is 4. The number of Topliss-reactive ketones (excluding diaryl/α,β-unsaturated/α-hetero) is 1. The number of nitrogens with one attached hydrogen (secondary N) is 1. The molecule has 1 saturated carbocycles. The number of fused-ring (bicyclic) bond motifs is 1. The zero-order valence-electron chi connectivity index (χ0n) is 10.3. The number of rotatable bonds is 4. The van der Waals surface area contributed by atoms with Crippen molar-refractivity contribution >= 4 is 37.2 Å². The van der Waals surface area contributed by atoms with Gasteiger partial charge < -0.3 is 0 Å². The highest BCUT2D eigenvalue weighted by Crippen LogP contribution is 2.39. The predicted molar refractivity (Wildman–Crippen MR) is 74.8 cm³/mol. The molecule has 0 radical (unpaired) electrons. The Kier molecular flexibility index (Phi) is 2.78. The molecule has 1 heterocycles. The van der Waals surface area contributed by atoms with Crippen LogP contribution in [0.25, 0.3) is 10.1 Å². The number of carbonyl (C=O) groups is 1. The van der Waals surface area contributed by atoms with E-state index in [-0.39, 0.29) is 10.7 Å². The van der Waals surface area contributed by atoms with Crippen LogP contribution < -0.4 is 4.72 Å². The van der Waals surface area contributed by atoms with Crippen LogP contribution in [0.3, 0.4) is 0 Å². The topological polar surface area (TPSA) is 63.2 Å². The molecule has 0 spiro atoms. The van der Waals surface area contributed by atoms with E-state index in [2.05, 4.69) is 4.72 Å². The Morgan fingerprint density at radius 2 is 2.00 bits per heavy atom. The van der Waals surface area contributed by atoms with Crippen LogP contribution in [-0.4, -0.2) is 19.7 Å². The summed E-state index contributed by atoms with van der Waals surface area (Å²) >= 11 is 1.39. The molecule has 0 aliphatic heterocycles. The van der Waals surface area contributed by atoms with Crippen LogP contribution in [0.15, 0.2) is 34.5 Å². The summed E-state index contributed by atoms with van der Waals surface area (Å²) < 4.78 is 28.3. The molecule has 0 atom stereocenters. The van der Waals surface area contributed by atoms with Crippen molar-refractivity contribution in [2.75, 3.05) is 0 Å². The first-order valence-electron chi connectivity index (χ1n) is 5.96. The van der Waals surface area contributed by atoms with Gasteiger partial charge in [-0.2, -0.15) is 4.72 Å². The Morgan fingerprint density at radius 3 is 2.63 bits per heavy atom. The third-order valence-electron chi connectivity index (χ3n) is 3.49. The van der Waals surface area contributed by atoms with Crippen molar-refractivity contribution in [3.8, 4) is 0 Å². The molecule has 2 aromatic rings. The molecule has 19 heavy (non-hydrogen) atoms. The molecular weight excluding hydrogens is 282 g/mol. The number of hydrogen-bond donors (Lipinski definition) is 1. The van der Waals surface area contributed by atoms with Crippen molar-refractivity contribution in [2.45, 2.75) is 30.2 Å². The number of benzene rings is 1. The van der Waals surface area contributed by atoms with E-state index in [0.717, 1.165) is 4.70 Å². The molecular formula is C13H13NO3S2. The van der Waals surface area contributed by atoms with Gasteiger partial charge in [-0.05, 0) is 25.8 Å². The number of carbonyl (C=O) groups excluding carboxylic acids is 1. The fraction of sp³-hybridized carbons (Fsp3) is 0.308. The average molecular weight is 295 g/mol. The van der Waals surface area contributed by atoms with Gasteiger partial charge in [-0.1, -0.05) is 18.2 Å². The Hall–Kier alpha value is -1.24. The normalized spacial score (nSPS) is 17.5. The summed E-state index contributed by atoms with van der Waals surface area (Å²) in [7, 11) is -3.64. The number of ketones is 1. The monoisotopic (exact) mass is 295 g/mol. The van der Waals surface area contributed by atoms with Gasteiger partial charge in [0.1, 0.15) is 4.90 Å². The maximum atomic E-state index is 12.4. The first kappa shape index (κ1) is 12.8. The van der Waals surface area contributed by atoms with Gasteiger partial charge in [0, 0.05) is 15.5 Å². The van der Waals surface area contributed by atoms with Crippen molar-refractivity contribution < 1.29 is 13.2 Å². The third kappa shape index (κ3) is 2.09. The molecule has 1 aromatic carbocycles. The summed E-state index contributed by atoms with van der Waals surface area (Å²) in [6, 6.07) is 7.36. The summed E-state index contributed by atoms with van der Waals surface area (Å²) in [5, 5.41) is 2.34. The zero-order chi connectivity index (χ0) is 13.7. The number of thiophene rings is 1. The maximum Gasteiger partial charge on any atom is 0.242 e. The minimum atomic E-state index is -3.64. The molecule has 1 aromatic heterocycles. The van der Waals surface area contributed by atoms with Crippen LogP contribution in [0.4, 0.5) is 0 Å². The molecule has 6 heteroatoms. The third-order valence-corrected chi connectivity index (χ3v) is 6.18. The first-order valence-corrected chi connectivity index (χ1v) is 8.32. The van der Waals surface area contributed by atoms with E-state index in [4.69, 9.17) is 0 Å². The average Bonchev–Trinajstić information content (AvgIpc) is 2.99. The first-order chi connectivity index (χ1) is 8.95. The number of sulfonamides is 1. The second-order valence-corrected chi connectivity index (χ2v) is 7.40. The summed E-state index contributed by atoms with van der Waals surface area (Å²) in [5.74, 6) is -0.115. The van der Waals surface area contributed by atoms with Crippen molar-refractivity contribution in [3.63, 3.8) is 0 Å². The zero-order valence-corrected chi connectivity index (χ0v) is 12.0. The van der Waals surface area contributed by atoms with Crippen molar-refractivity contribution in [1.29, 1.82) is 0 Å². The van der Waals surface area contributed by atoms with E-state index in [1.54, 1.807) is 11.4 Å². The van der Waals surface area contributed by atoms with E-state index in [9.17, 15) is 13.2 Å². The summed E-state index contributed by atoms with van der Waals surface area (Å²) in [6.45, 7) is 1.43. The standard InChI is InChI=1S/C13H13NO3S2/c1-9(15)13(6-7-13)14-19(16,17)12-8-18-11-5-3-2-4-10(11)12/h2-5,8,14H,6-7H2,1H3. The van der Waals surface area contributed by atoms with E-state index < -0.39 is 15.6 Å². The van der Waals surface area contributed by atoms with E-state index in [0.29, 0.717) is 18.2 Å². The van der Waals surface area contributed by atoms with Crippen LogP contribution in [0.2, 0.25) is 0 Å². The minimum absolute atomic E-state index is 0.115. The van der Waals surface area contributed by atoms with Crippen LogP contribution >= 0.6 is 11.3 Å². The van der Waals surface area contributed by atoms with Crippen molar-refractivity contribution in [3.05, 3.63) is 29.6 Å². The highest BCUT2D eigenvalue weighted by atomic mass is 32.2. The van der Waals surface area contributed by atoms with E-state index in [1.165, 1.54) is 18.3 Å². The Balaban J connectivity index is 2.03. The summed E-state index contributed by atoms with van der Waals surface area (Å²) in [5.41, 5.74) is -0.859. The fourth-order valence-electron chi connectivity index (χ4n) is 2.12. The lowest BCUT2D eigenvalue weighted by molar-refractivity contribution is -0.119. The smallest absolute Gasteiger partial charge is 0.242 e. The minimum Gasteiger partial charge on any atom is -0.298 e. The highest BCUT2D eigenvalue weighted by Gasteiger charge is 2.50. The summed E-state index contributed by atoms with van der Waals surface area (Å²) in [4.78, 5) is 11.8. The maximum absolute atomic E-state index is 12.4. The molecule has 0 amide bonds. The molecule has 1 aliphatic rings. The Bertz CT molecular complexity index is 757. The Morgan fingerprint density at radius 1 is 1.32 bits per heavy atom. The van der Waals surface area contributed by atoms with Gasteiger partial charge in [0.15, 0.2) is 5.78 Å². The van der Waals surface area contributed by atoms with Crippen LogP contribution in [0.1, 0.15) is 19.8 Å². The van der Waals surface area contributed by atoms with Crippen LogP contribution in [-0.2, 0) is 14.8 Å². The van der Waals surface area contributed by atoms with Gasteiger partial charge in [-0.3, -0.25) is 4.79 Å². The molecule has 3 rings (SSSR count). The lowest BCUT2D eigenvalue weighted by Crippen LogP contribution is -2.41. The van der Waals surface area contributed by atoms with Crippen molar-refractivity contribution in [2.24, 2.45) is 0 Å². The largest absolute Gasteiger partial charge is 0.298 e. The van der Waals surface area contributed by atoms with Crippen LogP contribution in [0.5, 0.6) is 0 Å². The van der Waals surface area contributed by atoms with Gasteiger partial charge in [0.25, 0.3) is 0 Å². The van der Waals surface area contributed by atoms with Gasteiger partial charge in [0.05, 0.1) is 5.54 Å². The molecule has 0 unspecified atom stereocenters. The Labute approximate surface area is 115 Å². The summed E-state index contributed by atoms with van der Waals surface area (Å²) in [6.07, 6.45) is 1.17. The van der Waals surface area contributed by atoms with E-state index in [1.807, 2.05) is 18.2 Å². The second kappa shape index (κ2) is 4.13. The van der Waals surface area contributed by atoms with Gasteiger partial charge >= 0.3 is 0 Å². The molecule has 1 fully saturated rings. The molecule has 1 aliphatic carbocycles. The molecule has 1 N–H and O–H groups in total. The van der Waals surface area contributed by atoms with Gasteiger partial charge in [-0.25, -0.2) is 8.42 Å². The molecule has 0 saturated heterocycles. The van der Waals surface area contributed by atoms with Gasteiger partial charge in [-0.15, -0.1) is 11.3 Å². The lowest BCUT2D eigenvalue weighted by Gasteiger charge is -2.13. The molecule has 0 bridgehead atoms. The van der Waals surface area contributed by atoms with Gasteiger partial charge in [0.2, 0.25) is 10.0 Å². The predicted octanol–water partition coefficient (Wildman–Crippen LogP) is 2.30. The molecule has 4 nitrogen and oxygen atoms in total. The molecule has 100 valence electrons. The SMILES string of the molecule is CC(=O)C1(NS(=O)(=O)c2csc3ccccc23)CC1. The lowest BCUT2D eigenvalue weighted by atomic mass is 10.2. The fourth-order valence-corrected chi connectivity index (χ4v) is 5.10. The highest BCUT2D eigenvalue weighted by molar-refractivity contribution is 7.90. The van der Waals surface area contributed by atoms with E-state index >= 15 is 0 Å². The second-order valence-electron chi connectivity index (χ2n) is 4.84. The van der Waals surface area contributed by atoms with Crippen LogP contribution in [0, 0.1) is 0 Å².